The van der Waals surface area contributed by atoms with Crippen LogP contribution in [0.1, 0.15) is 50.7 Å². The minimum Gasteiger partial charge on any atom is -0.493 e. The molecule has 1 aromatic rings. The zero-order valence-electron chi connectivity index (χ0n) is 12.0. The second kappa shape index (κ2) is 8.15. The van der Waals surface area contributed by atoms with Gasteiger partial charge in [0.15, 0.2) is 0 Å². The van der Waals surface area contributed by atoms with Crippen molar-refractivity contribution in [3.05, 3.63) is 29.3 Å². The van der Waals surface area contributed by atoms with Gasteiger partial charge in [-0.05, 0) is 36.5 Å². The average molecular weight is 249 g/mol. The molecule has 1 unspecified atom stereocenters. The molecular formula is C16H27NO. The maximum absolute atomic E-state index is 5.97. The summed E-state index contributed by atoms with van der Waals surface area (Å²) in [4.78, 5) is 0. The predicted molar refractivity (Wildman–Crippen MR) is 77.9 cm³/mol. The number of rotatable bonds is 8. The van der Waals surface area contributed by atoms with Crippen molar-refractivity contribution in [2.24, 2.45) is 11.7 Å². The molecular weight excluding hydrogens is 222 g/mol. The SMILES string of the molecule is CCCCC(CC)COc1cc(CN)ccc1C. The van der Waals surface area contributed by atoms with Crippen LogP contribution in [0.2, 0.25) is 0 Å². The highest BCUT2D eigenvalue weighted by molar-refractivity contribution is 5.36. The van der Waals surface area contributed by atoms with E-state index in [1.165, 1.54) is 31.2 Å². The molecule has 1 aromatic carbocycles. The van der Waals surface area contributed by atoms with Crippen LogP contribution in [0.3, 0.4) is 0 Å². The maximum Gasteiger partial charge on any atom is 0.122 e. The zero-order chi connectivity index (χ0) is 13.4. The summed E-state index contributed by atoms with van der Waals surface area (Å²) >= 11 is 0. The molecule has 0 aliphatic heterocycles. The lowest BCUT2D eigenvalue weighted by atomic mass is 10.0. The quantitative estimate of drug-likeness (QED) is 0.754. The fourth-order valence-electron chi connectivity index (χ4n) is 2.03. The van der Waals surface area contributed by atoms with Crippen LogP contribution < -0.4 is 10.5 Å². The van der Waals surface area contributed by atoms with E-state index in [-0.39, 0.29) is 0 Å². The van der Waals surface area contributed by atoms with Crippen molar-refractivity contribution in [2.75, 3.05) is 6.61 Å². The fraction of sp³-hybridized carbons (Fsp3) is 0.625. The highest BCUT2D eigenvalue weighted by Gasteiger charge is 2.08. The first kappa shape index (κ1) is 15.0. The number of hydrogen-bond acceptors (Lipinski definition) is 2. The van der Waals surface area contributed by atoms with Gasteiger partial charge in [-0.1, -0.05) is 45.2 Å². The highest BCUT2D eigenvalue weighted by atomic mass is 16.5. The number of hydrogen-bond donors (Lipinski definition) is 1. The third-order valence-corrected chi connectivity index (χ3v) is 3.51. The summed E-state index contributed by atoms with van der Waals surface area (Å²) in [5.74, 6) is 1.67. The third-order valence-electron chi connectivity index (χ3n) is 3.51. The van der Waals surface area contributed by atoms with Crippen LogP contribution in [0.25, 0.3) is 0 Å². The van der Waals surface area contributed by atoms with E-state index < -0.39 is 0 Å². The van der Waals surface area contributed by atoms with Crippen LogP contribution >= 0.6 is 0 Å². The molecule has 0 heterocycles. The summed E-state index contributed by atoms with van der Waals surface area (Å²) in [6.45, 7) is 7.97. The topological polar surface area (TPSA) is 35.2 Å². The van der Waals surface area contributed by atoms with E-state index in [9.17, 15) is 0 Å². The van der Waals surface area contributed by atoms with Gasteiger partial charge < -0.3 is 10.5 Å². The first-order valence-electron chi connectivity index (χ1n) is 7.13. The van der Waals surface area contributed by atoms with Crippen molar-refractivity contribution in [1.29, 1.82) is 0 Å². The molecule has 0 aromatic heterocycles. The summed E-state index contributed by atoms with van der Waals surface area (Å²) in [5, 5.41) is 0. The van der Waals surface area contributed by atoms with Gasteiger partial charge >= 0.3 is 0 Å². The highest BCUT2D eigenvalue weighted by Crippen LogP contribution is 2.21. The van der Waals surface area contributed by atoms with Gasteiger partial charge in [-0.15, -0.1) is 0 Å². The standard InChI is InChI=1S/C16H27NO/c1-4-6-7-14(5-2)12-18-16-10-15(11-17)9-8-13(16)3/h8-10,14H,4-7,11-12,17H2,1-3H3. The van der Waals surface area contributed by atoms with Crippen LogP contribution in [0.15, 0.2) is 18.2 Å². The molecule has 0 fully saturated rings. The Kier molecular flexibility index (Phi) is 6.81. The van der Waals surface area contributed by atoms with Gasteiger partial charge in [-0.3, -0.25) is 0 Å². The molecule has 0 amide bonds. The molecule has 1 atom stereocenters. The summed E-state index contributed by atoms with van der Waals surface area (Å²) in [6, 6.07) is 6.23. The number of nitrogens with two attached hydrogens (primary N) is 1. The van der Waals surface area contributed by atoms with Gasteiger partial charge in [0.05, 0.1) is 6.61 Å². The van der Waals surface area contributed by atoms with Gasteiger partial charge in [0.25, 0.3) is 0 Å². The Bertz CT molecular complexity index is 349. The van der Waals surface area contributed by atoms with Crippen LogP contribution in [-0.2, 0) is 6.54 Å². The molecule has 0 saturated heterocycles. The molecule has 0 bridgehead atoms. The molecule has 2 N–H and O–H groups in total. The van der Waals surface area contributed by atoms with Crippen LogP contribution in [0, 0.1) is 12.8 Å². The Morgan fingerprint density at radius 1 is 1.28 bits per heavy atom. The Balaban J connectivity index is 2.55. The summed E-state index contributed by atoms with van der Waals surface area (Å²) in [5.41, 5.74) is 7.99. The van der Waals surface area contributed by atoms with E-state index in [1.807, 2.05) is 0 Å². The molecule has 2 heteroatoms. The Morgan fingerprint density at radius 2 is 2.06 bits per heavy atom. The number of ether oxygens (including phenoxy) is 1. The molecule has 2 nitrogen and oxygen atoms in total. The monoisotopic (exact) mass is 249 g/mol. The first-order valence-corrected chi connectivity index (χ1v) is 7.13. The lowest BCUT2D eigenvalue weighted by molar-refractivity contribution is 0.232. The number of aryl methyl sites for hydroxylation is 1. The normalized spacial score (nSPS) is 12.4. The van der Waals surface area contributed by atoms with Crippen LogP contribution in [0.4, 0.5) is 0 Å². The van der Waals surface area contributed by atoms with Gasteiger partial charge in [-0.2, -0.15) is 0 Å². The van der Waals surface area contributed by atoms with Crippen molar-refractivity contribution in [1.82, 2.24) is 0 Å². The van der Waals surface area contributed by atoms with E-state index in [0.29, 0.717) is 12.5 Å². The maximum atomic E-state index is 5.97. The Labute approximate surface area is 112 Å². The molecule has 0 aliphatic carbocycles. The van der Waals surface area contributed by atoms with Crippen molar-refractivity contribution < 1.29 is 4.74 Å². The van der Waals surface area contributed by atoms with Gasteiger partial charge in [0.1, 0.15) is 5.75 Å². The number of unbranched alkanes of at least 4 members (excludes halogenated alkanes) is 1. The smallest absolute Gasteiger partial charge is 0.122 e. The lowest BCUT2D eigenvalue weighted by Crippen LogP contribution is -2.12. The van der Waals surface area contributed by atoms with Crippen LogP contribution in [-0.4, -0.2) is 6.61 Å². The molecule has 102 valence electrons. The third kappa shape index (κ3) is 4.69. The number of benzene rings is 1. The van der Waals surface area contributed by atoms with E-state index in [0.717, 1.165) is 17.9 Å². The molecule has 0 spiro atoms. The minimum atomic E-state index is 0.573. The van der Waals surface area contributed by atoms with E-state index in [1.54, 1.807) is 0 Å². The van der Waals surface area contributed by atoms with Crippen LogP contribution in [0.5, 0.6) is 5.75 Å². The second-order valence-electron chi connectivity index (χ2n) is 5.03. The summed E-state index contributed by atoms with van der Waals surface area (Å²) in [7, 11) is 0. The summed E-state index contributed by atoms with van der Waals surface area (Å²) < 4.78 is 5.97. The van der Waals surface area contributed by atoms with Gasteiger partial charge in [-0.25, -0.2) is 0 Å². The molecule has 0 radical (unpaired) electrons. The summed E-state index contributed by atoms with van der Waals surface area (Å²) in [6.07, 6.45) is 5.01. The molecule has 0 saturated carbocycles. The van der Waals surface area contributed by atoms with E-state index in [2.05, 4.69) is 39.0 Å². The largest absolute Gasteiger partial charge is 0.493 e. The van der Waals surface area contributed by atoms with Gasteiger partial charge in [0.2, 0.25) is 0 Å². The average Bonchev–Trinajstić information content (AvgIpc) is 2.40. The molecule has 18 heavy (non-hydrogen) atoms. The Morgan fingerprint density at radius 3 is 2.67 bits per heavy atom. The molecule has 1 rings (SSSR count). The zero-order valence-corrected chi connectivity index (χ0v) is 12.0. The second-order valence-corrected chi connectivity index (χ2v) is 5.03. The van der Waals surface area contributed by atoms with E-state index >= 15 is 0 Å². The fourth-order valence-corrected chi connectivity index (χ4v) is 2.03. The van der Waals surface area contributed by atoms with Gasteiger partial charge in [0, 0.05) is 6.54 Å². The predicted octanol–water partition coefficient (Wildman–Crippen LogP) is 4.05. The lowest BCUT2D eigenvalue weighted by Gasteiger charge is -2.17. The van der Waals surface area contributed by atoms with Crippen molar-refractivity contribution >= 4 is 0 Å². The van der Waals surface area contributed by atoms with Crippen molar-refractivity contribution in [3.8, 4) is 5.75 Å². The minimum absolute atomic E-state index is 0.573. The first-order chi connectivity index (χ1) is 8.71. The van der Waals surface area contributed by atoms with Crippen molar-refractivity contribution in [2.45, 2.75) is 53.0 Å². The molecule has 0 aliphatic rings. The van der Waals surface area contributed by atoms with E-state index in [4.69, 9.17) is 10.5 Å². The Hall–Kier alpha value is -1.02. The van der Waals surface area contributed by atoms with Crippen molar-refractivity contribution in [3.63, 3.8) is 0 Å².